The Bertz CT molecular complexity index is 427. The molecule has 108 valence electrons. The van der Waals surface area contributed by atoms with Crippen LogP contribution in [0.15, 0.2) is 6.07 Å². The number of nitrogens with one attached hydrogen (secondary N) is 1. The summed E-state index contributed by atoms with van der Waals surface area (Å²) < 4.78 is 5.41. The van der Waals surface area contributed by atoms with E-state index in [4.69, 9.17) is 10.5 Å². The van der Waals surface area contributed by atoms with E-state index in [2.05, 4.69) is 46.0 Å². The first-order valence-electron chi connectivity index (χ1n) is 6.99. The maximum Gasteiger partial charge on any atom is 0.122 e. The minimum Gasteiger partial charge on any atom is -0.496 e. The van der Waals surface area contributed by atoms with Crippen LogP contribution in [-0.2, 0) is 6.54 Å². The van der Waals surface area contributed by atoms with Gasteiger partial charge in [0, 0.05) is 19.1 Å². The Balaban J connectivity index is 2.93. The molecule has 0 bridgehead atoms. The van der Waals surface area contributed by atoms with Crippen LogP contribution < -0.4 is 15.8 Å². The van der Waals surface area contributed by atoms with Crippen LogP contribution in [0.5, 0.6) is 5.75 Å². The first kappa shape index (κ1) is 16.0. The molecule has 0 aliphatic rings. The Kier molecular flexibility index (Phi) is 5.83. The highest BCUT2D eigenvalue weighted by Gasteiger charge is 2.14. The Morgan fingerprint density at radius 3 is 2.32 bits per heavy atom. The summed E-state index contributed by atoms with van der Waals surface area (Å²) in [7, 11) is 1.72. The van der Waals surface area contributed by atoms with Crippen LogP contribution in [0.1, 0.15) is 36.1 Å². The highest BCUT2D eigenvalue weighted by atomic mass is 16.5. The SMILES string of the molecule is COc1cc(C)c(CNC(CN)C(C)C)c(C)c1C. The number of aryl methyl sites for hydroxylation is 1. The van der Waals surface area contributed by atoms with E-state index in [9.17, 15) is 0 Å². The number of methoxy groups -OCH3 is 1. The third-order valence-electron chi connectivity index (χ3n) is 4.03. The molecular formula is C16H28N2O. The highest BCUT2D eigenvalue weighted by Crippen LogP contribution is 2.27. The lowest BCUT2D eigenvalue weighted by molar-refractivity contribution is 0.401. The van der Waals surface area contributed by atoms with E-state index < -0.39 is 0 Å². The van der Waals surface area contributed by atoms with Gasteiger partial charge in [-0.25, -0.2) is 0 Å². The van der Waals surface area contributed by atoms with Crippen LogP contribution in [0.2, 0.25) is 0 Å². The fourth-order valence-electron chi connectivity index (χ4n) is 2.41. The molecule has 0 aliphatic heterocycles. The number of nitrogens with two attached hydrogens (primary N) is 1. The quantitative estimate of drug-likeness (QED) is 0.830. The minimum absolute atomic E-state index is 0.362. The zero-order chi connectivity index (χ0) is 14.6. The van der Waals surface area contributed by atoms with Crippen molar-refractivity contribution in [3.63, 3.8) is 0 Å². The summed E-state index contributed by atoms with van der Waals surface area (Å²) in [6, 6.07) is 2.48. The Hall–Kier alpha value is -1.06. The summed E-state index contributed by atoms with van der Waals surface area (Å²) >= 11 is 0. The summed E-state index contributed by atoms with van der Waals surface area (Å²) in [5.41, 5.74) is 11.0. The smallest absolute Gasteiger partial charge is 0.122 e. The van der Waals surface area contributed by atoms with Crippen molar-refractivity contribution in [1.82, 2.24) is 5.32 Å². The molecule has 3 nitrogen and oxygen atoms in total. The van der Waals surface area contributed by atoms with Crippen molar-refractivity contribution in [2.24, 2.45) is 11.7 Å². The second-order valence-electron chi connectivity index (χ2n) is 5.59. The number of hydrogen-bond acceptors (Lipinski definition) is 3. The predicted molar refractivity (Wildman–Crippen MR) is 81.7 cm³/mol. The van der Waals surface area contributed by atoms with Crippen LogP contribution >= 0.6 is 0 Å². The van der Waals surface area contributed by atoms with Crippen LogP contribution in [0.3, 0.4) is 0 Å². The van der Waals surface area contributed by atoms with E-state index in [-0.39, 0.29) is 0 Å². The lowest BCUT2D eigenvalue weighted by Gasteiger charge is -2.23. The molecule has 0 aromatic heterocycles. The van der Waals surface area contributed by atoms with E-state index in [0.717, 1.165) is 12.3 Å². The summed E-state index contributed by atoms with van der Waals surface area (Å²) in [5, 5.41) is 3.57. The number of hydrogen-bond donors (Lipinski definition) is 2. The molecule has 1 aromatic rings. The van der Waals surface area contributed by atoms with Crippen molar-refractivity contribution in [2.45, 2.75) is 47.2 Å². The average Bonchev–Trinajstić information content (AvgIpc) is 2.37. The molecule has 0 spiro atoms. The molecule has 0 radical (unpaired) electrons. The molecule has 1 unspecified atom stereocenters. The summed E-state index contributed by atoms with van der Waals surface area (Å²) in [4.78, 5) is 0. The second kappa shape index (κ2) is 6.92. The van der Waals surface area contributed by atoms with Gasteiger partial charge < -0.3 is 15.8 Å². The van der Waals surface area contributed by atoms with Gasteiger partial charge in [-0.1, -0.05) is 13.8 Å². The van der Waals surface area contributed by atoms with Gasteiger partial charge in [-0.05, 0) is 55.0 Å². The van der Waals surface area contributed by atoms with Crippen molar-refractivity contribution in [2.75, 3.05) is 13.7 Å². The van der Waals surface area contributed by atoms with Crippen LogP contribution in [0.25, 0.3) is 0 Å². The highest BCUT2D eigenvalue weighted by molar-refractivity contribution is 5.48. The van der Waals surface area contributed by atoms with Crippen LogP contribution in [0.4, 0.5) is 0 Å². The van der Waals surface area contributed by atoms with E-state index in [1.807, 2.05) is 0 Å². The van der Waals surface area contributed by atoms with Crippen molar-refractivity contribution < 1.29 is 4.74 Å². The molecule has 1 aromatic carbocycles. The molecule has 19 heavy (non-hydrogen) atoms. The molecule has 1 atom stereocenters. The molecule has 0 heterocycles. The maximum atomic E-state index is 5.81. The van der Waals surface area contributed by atoms with Gasteiger partial charge in [0.15, 0.2) is 0 Å². The molecule has 3 N–H and O–H groups in total. The Morgan fingerprint density at radius 1 is 1.21 bits per heavy atom. The molecule has 3 heteroatoms. The van der Waals surface area contributed by atoms with Crippen molar-refractivity contribution in [3.05, 3.63) is 28.3 Å². The normalized spacial score (nSPS) is 12.8. The standard InChI is InChI=1S/C16H28N2O/c1-10(2)15(8-17)18-9-14-11(3)7-16(19-6)13(5)12(14)4/h7,10,15,18H,8-9,17H2,1-6H3. The second-order valence-corrected chi connectivity index (χ2v) is 5.59. The summed E-state index contributed by atoms with van der Waals surface area (Å²) in [6.07, 6.45) is 0. The van der Waals surface area contributed by atoms with Crippen molar-refractivity contribution >= 4 is 0 Å². The summed E-state index contributed by atoms with van der Waals surface area (Å²) in [5.74, 6) is 1.52. The van der Waals surface area contributed by atoms with Crippen molar-refractivity contribution in [1.29, 1.82) is 0 Å². The fourth-order valence-corrected chi connectivity index (χ4v) is 2.41. The third-order valence-corrected chi connectivity index (χ3v) is 4.03. The van der Waals surface area contributed by atoms with Gasteiger partial charge in [-0.2, -0.15) is 0 Å². The van der Waals surface area contributed by atoms with Gasteiger partial charge in [0.1, 0.15) is 5.75 Å². The van der Waals surface area contributed by atoms with Crippen molar-refractivity contribution in [3.8, 4) is 5.75 Å². The maximum absolute atomic E-state index is 5.81. The Labute approximate surface area is 117 Å². The fraction of sp³-hybridized carbons (Fsp3) is 0.625. The molecule has 0 saturated heterocycles. The monoisotopic (exact) mass is 264 g/mol. The van der Waals surface area contributed by atoms with E-state index in [0.29, 0.717) is 18.5 Å². The van der Waals surface area contributed by atoms with Gasteiger partial charge in [0.05, 0.1) is 7.11 Å². The largest absolute Gasteiger partial charge is 0.496 e. The van der Waals surface area contributed by atoms with Gasteiger partial charge in [0.25, 0.3) is 0 Å². The topological polar surface area (TPSA) is 47.3 Å². The predicted octanol–water partition coefficient (Wildman–Crippen LogP) is 2.69. The number of rotatable bonds is 6. The van der Waals surface area contributed by atoms with Gasteiger partial charge >= 0.3 is 0 Å². The lowest BCUT2D eigenvalue weighted by atomic mass is 9.96. The summed E-state index contributed by atoms with van der Waals surface area (Å²) in [6.45, 7) is 12.3. The van der Waals surface area contributed by atoms with E-state index in [1.165, 1.54) is 22.3 Å². The minimum atomic E-state index is 0.362. The molecule has 0 amide bonds. The van der Waals surface area contributed by atoms with Crippen LogP contribution in [-0.4, -0.2) is 19.7 Å². The van der Waals surface area contributed by atoms with Crippen LogP contribution in [0, 0.1) is 26.7 Å². The first-order chi connectivity index (χ1) is 8.92. The molecule has 1 rings (SSSR count). The molecule has 0 saturated carbocycles. The molecule has 0 aliphatic carbocycles. The Morgan fingerprint density at radius 2 is 1.84 bits per heavy atom. The van der Waals surface area contributed by atoms with E-state index in [1.54, 1.807) is 7.11 Å². The molecular weight excluding hydrogens is 236 g/mol. The van der Waals surface area contributed by atoms with Gasteiger partial charge in [0.2, 0.25) is 0 Å². The third kappa shape index (κ3) is 3.71. The lowest BCUT2D eigenvalue weighted by Crippen LogP contribution is -2.40. The molecule has 0 fully saturated rings. The number of benzene rings is 1. The zero-order valence-electron chi connectivity index (χ0n) is 13.1. The first-order valence-corrected chi connectivity index (χ1v) is 6.99. The van der Waals surface area contributed by atoms with Gasteiger partial charge in [-0.15, -0.1) is 0 Å². The average molecular weight is 264 g/mol. The zero-order valence-corrected chi connectivity index (χ0v) is 13.1. The van der Waals surface area contributed by atoms with E-state index >= 15 is 0 Å². The number of ether oxygens (including phenoxy) is 1. The van der Waals surface area contributed by atoms with Gasteiger partial charge in [-0.3, -0.25) is 0 Å².